The van der Waals surface area contributed by atoms with Gasteiger partial charge >= 0.3 is 0 Å². The summed E-state index contributed by atoms with van der Waals surface area (Å²) in [5.74, 6) is -0.000814. The number of hydrogen-bond acceptors (Lipinski definition) is 4. The summed E-state index contributed by atoms with van der Waals surface area (Å²) in [6.07, 6.45) is 0. The Morgan fingerprint density at radius 1 is 1.21 bits per heavy atom. The van der Waals surface area contributed by atoms with E-state index >= 15 is 0 Å². The SMILES string of the molecule is C[C@H](C(=O)N1CCN(C)CC1)N1C(=O)CS[C@@H]1c1ccc(F)cc1. The Labute approximate surface area is 145 Å². The molecular formula is C17H22FN3O2S. The molecule has 0 bridgehead atoms. The minimum atomic E-state index is -0.508. The van der Waals surface area contributed by atoms with E-state index in [9.17, 15) is 14.0 Å². The molecule has 2 atom stereocenters. The molecule has 2 heterocycles. The van der Waals surface area contributed by atoms with Crippen LogP contribution in [0.2, 0.25) is 0 Å². The van der Waals surface area contributed by atoms with Crippen molar-refractivity contribution in [1.82, 2.24) is 14.7 Å². The van der Waals surface area contributed by atoms with Crippen molar-refractivity contribution in [2.45, 2.75) is 18.3 Å². The number of rotatable bonds is 3. The highest BCUT2D eigenvalue weighted by Crippen LogP contribution is 2.40. The van der Waals surface area contributed by atoms with Crippen LogP contribution >= 0.6 is 11.8 Å². The largest absolute Gasteiger partial charge is 0.338 e. The number of benzene rings is 1. The Bertz CT molecular complexity index is 617. The zero-order chi connectivity index (χ0) is 17.3. The van der Waals surface area contributed by atoms with Crippen LogP contribution in [0, 0.1) is 5.82 Å². The van der Waals surface area contributed by atoms with Gasteiger partial charge in [-0.3, -0.25) is 9.59 Å². The fourth-order valence-corrected chi connectivity index (χ4v) is 4.41. The molecule has 0 aromatic heterocycles. The van der Waals surface area contributed by atoms with Crippen LogP contribution < -0.4 is 0 Å². The molecular weight excluding hydrogens is 329 g/mol. The molecule has 130 valence electrons. The van der Waals surface area contributed by atoms with E-state index in [0.717, 1.165) is 18.7 Å². The van der Waals surface area contributed by atoms with Crippen LogP contribution in [0.25, 0.3) is 0 Å². The molecule has 0 saturated carbocycles. The Morgan fingerprint density at radius 3 is 2.46 bits per heavy atom. The van der Waals surface area contributed by atoms with Crippen molar-refractivity contribution < 1.29 is 14.0 Å². The van der Waals surface area contributed by atoms with Crippen molar-refractivity contribution in [2.24, 2.45) is 0 Å². The van der Waals surface area contributed by atoms with Crippen LogP contribution in [0.4, 0.5) is 4.39 Å². The van der Waals surface area contributed by atoms with Crippen molar-refractivity contribution in [3.8, 4) is 0 Å². The van der Waals surface area contributed by atoms with Crippen molar-refractivity contribution in [2.75, 3.05) is 39.0 Å². The van der Waals surface area contributed by atoms with Crippen LogP contribution in [0.5, 0.6) is 0 Å². The molecule has 2 saturated heterocycles. The highest BCUT2D eigenvalue weighted by Gasteiger charge is 2.40. The maximum Gasteiger partial charge on any atom is 0.245 e. The Morgan fingerprint density at radius 2 is 1.83 bits per heavy atom. The molecule has 24 heavy (non-hydrogen) atoms. The number of thioether (sulfide) groups is 1. The molecule has 2 aliphatic rings. The van der Waals surface area contributed by atoms with Gasteiger partial charge in [0, 0.05) is 26.2 Å². The average Bonchev–Trinajstić information content (AvgIpc) is 2.96. The van der Waals surface area contributed by atoms with Crippen molar-refractivity contribution in [3.63, 3.8) is 0 Å². The van der Waals surface area contributed by atoms with Gasteiger partial charge in [0.1, 0.15) is 17.2 Å². The Hall–Kier alpha value is -1.60. The fraction of sp³-hybridized carbons (Fsp3) is 0.529. The number of likely N-dealkylation sites (N-methyl/N-ethyl adjacent to an activating group) is 1. The molecule has 0 N–H and O–H groups in total. The third-order valence-corrected chi connectivity index (χ3v) is 5.88. The van der Waals surface area contributed by atoms with Crippen LogP contribution in [0.15, 0.2) is 24.3 Å². The first-order valence-electron chi connectivity index (χ1n) is 8.13. The number of amides is 2. The van der Waals surface area contributed by atoms with Gasteiger partial charge in [-0.1, -0.05) is 12.1 Å². The molecule has 2 aliphatic heterocycles. The molecule has 0 aliphatic carbocycles. The summed E-state index contributed by atoms with van der Waals surface area (Å²) in [5, 5.41) is -0.232. The summed E-state index contributed by atoms with van der Waals surface area (Å²) in [6, 6.07) is 5.65. The molecule has 2 fully saturated rings. The van der Waals surface area contributed by atoms with Crippen molar-refractivity contribution in [1.29, 1.82) is 0 Å². The van der Waals surface area contributed by atoms with E-state index in [4.69, 9.17) is 0 Å². The summed E-state index contributed by atoms with van der Waals surface area (Å²) >= 11 is 1.49. The lowest BCUT2D eigenvalue weighted by molar-refractivity contribution is -0.145. The number of halogens is 1. The number of carbonyl (C=O) groups excluding carboxylic acids is 2. The maximum absolute atomic E-state index is 13.2. The van der Waals surface area contributed by atoms with Crippen LogP contribution in [0.3, 0.4) is 0 Å². The second-order valence-corrected chi connectivity index (χ2v) is 7.39. The van der Waals surface area contributed by atoms with E-state index in [1.54, 1.807) is 24.0 Å². The second kappa shape index (κ2) is 7.11. The number of piperazine rings is 1. The standard InChI is InChI=1S/C17H22FN3O2S/c1-12(16(23)20-9-7-19(2)8-10-20)21-15(22)11-24-17(21)13-3-5-14(18)6-4-13/h3-6,12,17H,7-11H2,1-2H3/t12-,17-/m1/s1. The van der Waals surface area contributed by atoms with Crippen LogP contribution in [-0.2, 0) is 9.59 Å². The van der Waals surface area contributed by atoms with Gasteiger partial charge < -0.3 is 14.7 Å². The Kier molecular flexibility index (Phi) is 5.10. The normalized spacial score (nSPS) is 23.6. The molecule has 0 radical (unpaired) electrons. The van der Waals surface area contributed by atoms with Gasteiger partial charge in [-0.05, 0) is 31.7 Å². The fourth-order valence-electron chi connectivity index (χ4n) is 3.15. The molecule has 7 heteroatoms. The lowest BCUT2D eigenvalue weighted by atomic mass is 10.1. The second-order valence-electron chi connectivity index (χ2n) is 6.32. The van der Waals surface area contributed by atoms with Crippen molar-refractivity contribution in [3.05, 3.63) is 35.6 Å². The zero-order valence-electron chi connectivity index (χ0n) is 13.9. The zero-order valence-corrected chi connectivity index (χ0v) is 14.8. The summed E-state index contributed by atoms with van der Waals surface area (Å²) in [7, 11) is 2.04. The minimum Gasteiger partial charge on any atom is -0.338 e. The third kappa shape index (κ3) is 3.42. The van der Waals surface area contributed by atoms with E-state index < -0.39 is 6.04 Å². The summed E-state index contributed by atoms with van der Waals surface area (Å²) in [5.41, 5.74) is 0.852. The van der Waals surface area contributed by atoms with Crippen molar-refractivity contribution >= 4 is 23.6 Å². The average molecular weight is 351 g/mol. The summed E-state index contributed by atoms with van der Waals surface area (Å²) in [6.45, 7) is 4.87. The molecule has 0 unspecified atom stereocenters. The molecule has 0 spiro atoms. The van der Waals surface area contributed by atoms with E-state index in [1.165, 1.54) is 23.9 Å². The maximum atomic E-state index is 13.2. The lowest BCUT2D eigenvalue weighted by Gasteiger charge is -2.37. The summed E-state index contributed by atoms with van der Waals surface area (Å²) in [4.78, 5) is 30.8. The molecule has 3 rings (SSSR count). The van der Waals surface area contributed by atoms with Gasteiger partial charge in [0.25, 0.3) is 0 Å². The van der Waals surface area contributed by atoms with E-state index in [-0.39, 0.29) is 23.0 Å². The monoisotopic (exact) mass is 351 g/mol. The summed E-state index contributed by atoms with van der Waals surface area (Å²) < 4.78 is 13.2. The predicted molar refractivity (Wildman–Crippen MR) is 92.0 cm³/mol. The van der Waals surface area contributed by atoms with Gasteiger partial charge in [0.05, 0.1) is 5.75 Å². The molecule has 1 aromatic carbocycles. The highest BCUT2D eigenvalue weighted by molar-refractivity contribution is 8.00. The number of nitrogens with zero attached hydrogens (tertiary/aromatic N) is 3. The van der Waals surface area contributed by atoms with E-state index in [1.807, 2.05) is 11.9 Å². The smallest absolute Gasteiger partial charge is 0.245 e. The molecule has 1 aromatic rings. The molecule has 2 amide bonds. The quantitative estimate of drug-likeness (QED) is 0.829. The predicted octanol–water partition coefficient (Wildman–Crippen LogP) is 1.56. The topological polar surface area (TPSA) is 43.9 Å². The number of carbonyl (C=O) groups is 2. The van der Waals surface area contributed by atoms with Gasteiger partial charge in [-0.2, -0.15) is 0 Å². The number of hydrogen-bond donors (Lipinski definition) is 0. The first kappa shape index (κ1) is 17.2. The lowest BCUT2D eigenvalue weighted by Crippen LogP contribution is -2.54. The van der Waals surface area contributed by atoms with Crippen LogP contribution in [0.1, 0.15) is 17.9 Å². The highest BCUT2D eigenvalue weighted by atomic mass is 32.2. The molecule has 5 nitrogen and oxygen atoms in total. The van der Waals surface area contributed by atoms with Crippen LogP contribution in [-0.4, -0.2) is 71.5 Å². The van der Waals surface area contributed by atoms with Gasteiger partial charge in [-0.15, -0.1) is 11.8 Å². The van der Waals surface area contributed by atoms with Gasteiger partial charge in [0.15, 0.2) is 0 Å². The Balaban J connectivity index is 1.75. The first-order valence-corrected chi connectivity index (χ1v) is 9.18. The van der Waals surface area contributed by atoms with Gasteiger partial charge in [-0.25, -0.2) is 4.39 Å². The van der Waals surface area contributed by atoms with E-state index in [0.29, 0.717) is 18.8 Å². The minimum absolute atomic E-state index is 0.00828. The van der Waals surface area contributed by atoms with E-state index in [2.05, 4.69) is 4.90 Å². The van der Waals surface area contributed by atoms with Gasteiger partial charge in [0.2, 0.25) is 11.8 Å². The first-order chi connectivity index (χ1) is 11.5. The third-order valence-electron chi connectivity index (χ3n) is 4.65.